The summed E-state index contributed by atoms with van der Waals surface area (Å²) >= 11 is 0. The zero-order chi connectivity index (χ0) is 15.3. The van der Waals surface area contributed by atoms with Gasteiger partial charge in [0.2, 0.25) is 5.91 Å². The molecule has 118 valence electrons. The molecule has 0 aromatic heterocycles. The topological polar surface area (TPSA) is 55.1 Å². The second kappa shape index (κ2) is 5.05. The van der Waals surface area contributed by atoms with Gasteiger partial charge in [-0.1, -0.05) is 12.1 Å². The summed E-state index contributed by atoms with van der Waals surface area (Å²) in [5.41, 5.74) is 7.19. The molecule has 3 nitrogen and oxygen atoms in total. The summed E-state index contributed by atoms with van der Waals surface area (Å²) < 4.78 is 13.4. The predicted octanol–water partition coefficient (Wildman–Crippen LogP) is 2.35. The number of rotatable bonds is 4. The lowest BCUT2D eigenvalue weighted by Gasteiger charge is -2.28. The van der Waals surface area contributed by atoms with Crippen LogP contribution in [0.5, 0.6) is 0 Å². The highest BCUT2D eigenvalue weighted by atomic mass is 19.1. The van der Waals surface area contributed by atoms with Gasteiger partial charge in [-0.05, 0) is 61.6 Å². The first-order valence-corrected chi connectivity index (χ1v) is 8.38. The van der Waals surface area contributed by atoms with Crippen molar-refractivity contribution in [3.05, 3.63) is 35.6 Å². The molecule has 0 spiro atoms. The molecule has 22 heavy (non-hydrogen) atoms. The van der Waals surface area contributed by atoms with Gasteiger partial charge in [0.25, 0.3) is 0 Å². The van der Waals surface area contributed by atoms with E-state index in [1.165, 1.54) is 12.5 Å². The van der Waals surface area contributed by atoms with Crippen molar-refractivity contribution in [1.82, 2.24) is 5.32 Å². The molecule has 0 saturated heterocycles. The number of nitrogens with two attached hydrogens (primary N) is 1. The van der Waals surface area contributed by atoms with Crippen molar-refractivity contribution in [2.24, 2.45) is 23.5 Å². The van der Waals surface area contributed by atoms with Crippen LogP contribution in [-0.2, 0) is 10.2 Å². The SMILES string of the molecule is NC1C2CCC(C2)C1C(=O)NCC1(c2cccc(F)c2)CC1. The first-order chi connectivity index (χ1) is 10.6. The lowest BCUT2D eigenvalue weighted by atomic mass is 9.84. The normalized spacial score (nSPS) is 34.6. The molecule has 4 rings (SSSR count). The summed E-state index contributed by atoms with van der Waals surface area (Å²) in [5, 5.41) is 3.12. The van der Waals surface area contributed by atoms with Gasteiger partial charge in [-0.3, -0.25) is 4.79 Å². The zero-order valence-electron chi connectivity index (χ0n) is 12.7. The smallest absolute Gasteiger partial charge is 0.224 e. The summed E-state index contributed by atoms with van der Waals surface area (Å²) in [7, 11) is 0. The Morgan fingerprint density at radius 2 is 2.09 bits per heavy atom. The highest BCUT2D eigenvalue weighted by molar-refractivity contribution is 5.80. The minimum Gasteiger partial charge on any atom is -0.355 e. The number of amides is 1. The third kappa shape index (κ3) is 2.24. The van der Waals surface area contributed by atoms with Gasteiger partial charge in [0.1, 0.15) is 5.82 Å². The summed E-state index contributed by atoms with van der Waals surface area (Å²) in [6, 6.07) is 6.81. The lowest BCUT2D eigenvalue weighted by Crippen LogP contribution is -2.46. The Bertz CT molecular complexity index is 597. The Labute approximate surface area is 130 Å². The molecule has 3 saturated carbocycles. The highest BCUT2D eigenvalue weighted by Gasteiger charge is 2.50. The van der Waals surface area contributed by atoms with E-state index in [0.717, 1.165) is 31.2 Å². The van der Waals surface area contributed by atoms with Crippen LogP contribution in [0.4, 0.5) is 4.39 Å². The van der Waals surface area contributed by atoms with E-state index in [4.69, 9.17) is 5.73 Å². The van der Waals surface area contributed by atoms with Crippen LogP contribution in [0.15, 0.2) is 24.3 Å². The Hall–Kier alpha value is -1.42. The minimum absolute atomic E-state index is 0.0120. The quantitative estimate of drug-likeness (QED) is 0.897. The van der Waals surface area contributed by atoms with Crippen LogP contribution in [0.1, 0.15) is 37.7 Å². The predicted molar refractivity (Wildman–Crippen MR) is 82.6 cm³/mol. The molecule has 3 fully saturated rings. The van der Waals surface area contributed by atoms with Crippen LogP contribution in [0, 0.1) is 23.6 Å². The fourth-order valence-corrected chi connectivity index (χ4v) is 4.64. The largest absolute Gasteiger partial charge is 0.355 e. The van der Waals surface area contributed by atoms with Gasteiger partial charge in [0.05, 0.1) is 5.92 Å². The summed E-state index contributed by atoms with van der Waals surface area (Å²) in [5.74, 6) is 0.915. The highest BCUT2D eigenvalue weighted by Crippen LogP contribution is 2.49. The van der Waals surface area contributed by atoms with Gasteiger partial charge in [-0.15, -0.1) is 0 Å². The van der Waals surface area contributed by atoms with Crippen molar-refractivity contribution in [3.63, 3.8) is 0 Å². The molecule has 2 bridgehead atoms. The van der Waals surface area contributed by atoms with Gasteiger partial charge in [0, 0.05) is 18.0 Å². The fourth-order valence-electron chi connectivity index (χ4n) is 4.64. The van der Waals surface area contributed by atoms with E-state index in [9.17, 15) is 9.18 Å². The van der Waals surface area contributed by atoms with E-state index in [-0.39, 0.29) is 29.1 Å². The van der Waals surface area contributed by atoms with Crippen molar-refractivity contribution in [3.8, 4) is 0 Å². The summed E-state index contributed by atoms with van der Waals surface area (Å²) in [6.45, 7) is 0.607. The average molecular weight is 302 g/mol. The van der Waals surface area contributed by atoms with Gasteiger partial charge in [0.15, 0.2) is 0 Å². The van der Waals surface area contributed by atoms with Gasteiger partial charge in [-0.2, -0.15) is 0 Å². The molecule has 0 heterocycles. The molecule has 3 aliphatic rings. The number of hydrogen-bond acceptors (Lipinski definition) is 2. The fraction of sp³-hybridized carbons (Fsp3) is 0.611. The first-order valence-electron chi connectivity index (χ1n) is 8.38. The number of hydrogen-bond donors (Lipinski definition) is 2. The molecule has 0 radical (unpaired) electrons. The molecule has 4 atom stereocenters. The van der Waals surface area contributed by atoms with Gasteiger partial charge < -0.3 is 11.1 Å². The average Bonchev–Trinajstić information content (AvgIpc) is 3.05. The summed E-state index contributed by atoms with van der Waals surface area (Å²) in [6.07, 6.45) is 5.47. The number of carbonyl (C=O) groups excluding carboxylic acids is 1. The van der Waals surface area contributed by atoms with Crippen molar-refractivity contribution < 1.29 is 9.18 Å². The Morgan fingerprint density at radius 1 is 1.32 bits per heavy atom. The number of nitrogens with one attached hydrogen (secondary N) is 1. The van der Waals surface area contributed by atoms with Crippen LogP contribution in [0.3, 0.4) is 0 Å². The van der Waals surface area contributed by atoms with Gasteiger partial charge >= 0.3 is 0 Å². The number of fused-ring (bicyclic) bond motifs is 2. The molecule has 3 N–H and O–H groups in total. The third-order valence-electron chi connectivity index (χ3n) is 6.17. The molecule has 4 heteroatoms. The van der Waals surface area contributed by atoms with Crippen LogP contribution in [-0.4, -0.2) is 18.5 Å². The van der Waals surface area contributed by atoms with Crippen molar-refractivity contribution >= 4 is 5.91 Å². The van der Waals surface area contributed by atoms with Gasteiger partial charge in [-0.25, -0.2) is 4.39 Å². The van der Waals surface area contributed by atoms with E-state index in [0.29, 0.717) is 18.4 Å². The van der Waals surface area contributed by atoms with Crippen molar-refractivity contribution in [2.75, 3.05) is 6.54 Å². The van der Waals surface area contributed by atoms with E-state index in [1.807, 2.05) is 6.07 Å². The van der Waals surface area contributed by atoms with Crippen molar-refractivity contribution in [2.45, 2.75) is 43.6 Å². The first kappa shape index (κ1) is 14.2. The number of halogens is 1. The second-order valence-electron chi connectivity index (χ2n) is 7.44. The molecule has 1 amide bonds. The van der Waals surface area contributed by atoms with E-state index in [1.54, 1.807) is 12.1 Å². The standard InChI is InChI=1S/C18H23FN2O/c19-14-3-1-2-13(9-14)18(6-7-18)10-21-17(22)15-11-4-5-12(8-11)16(15)20/h1-3,9,11-12,15-16H,4-8,10,20H2,(H,21,22). The lowest BCUT2D eigenvalue weighted by molar-refractivity contribution is -0.127. The van der Waals surface area contributed by atoms with E-state index < -0.39 is 0 Å². The maximum absolute atomic E-state index is 13.4. The Morgan fingerprint density at radius 3 is 2.73 bits per heavy atom. The van der Waals surface area contributed by atoms with Crippen LogP contribution in [0.25, 0.3) is 0 Å². The molecule has 4 unspecified atom stereocenters. The molecule has 3 aliphatic carbocycles. The Balaban J connectivity index is 1.41. The maximum atomic E-state index is 13.4. The van der Waals surface area contributed by atoms with Crippen LogP contribution in [0.2, 0.25) is 0 Å². The third-order valence-corrected chi connectivity index (χ3v) is 6.17. The van der Waals surface area contributed by atoms with E-state index >= 15 is 0 Å². The molecular formula is C18H23FN2O. The van der Waals surface area contributed by atoms with E-state index in [2.05, 4.69) is 5.32 Å². The monoisotopic (exact) mass is 302 g/mol. The Kier molecular flexibility index (Phi) is 3.26. The number of benzene rings is 1. The number of carbonyl (C=O) groups is 1. The second-order valence-corrected chi connectivity index (χ2v) is 7.44. The summed E-state index contributed by atoms with van der Waals surface area (Å²) in [4.78, 5) is 12.6. The maximum Gasteiger partial charge on any atom is 0.224 e. The molecule has 0 aliphatic heterocycles. The molecule has 1 aromatic carbocycles. The molecule has 1 aromatic rings. The van der Waals surface area contributed by atoms with Crippen LogP contribution >= 0.6 is 0 Å². The van der Waals surface area contributed by atoms with Crippen LogP contribution < -0.4 is 11.1 Å². The van der Waals surface area contributed by atoms with Crippen molar-refractivity contribution in [1.29, 1.82) is 0 Å². The minimum atomic E-state index is -0.203. The molecular weight excluding hydrogens is 279 g/mol. The zero-order valence-corrected chi connectivity index (χ0v) is 12.7.